The number of halogens is 1. The summed E-state index contributed by atoms with van der Waals surface area (Å²) in [5.74, 6) is -0.770. The minimum atomic E-state index is -0.518. The van der Waals surface area contributed by atoms with Crippen LogP contribution in [0.4, 0.5) is 4.39 Å². The van der Waals surface area contributed by atoms with Gasteiger partial charge in [-0.25, -0.2) is 4.39 Å². The average molecular weight is 267 g/mol. The van der Waals surface area contributed by atoms with E-state index in [1.165, 1.54) is 13.0 Å². The van der Waals surface area contributed by atoms with Crippen molar-refractivity contribution in [2.75, 3.05) is 19.7 Å². The molecule has 0 aliphatic carbocycles. The van der Waals surface area contributed by atoms with Crippen molar-refractivity contribution in [1.82, 2.24) is 4.90 Å². The lowest BCUT2D eigenvalue weighted by Gasteiger charge is -2.17. The zero-order valence-electron chi connectivity index (χ0n) is 10.9. The summed E-state index contributed by atoms with van der Waals surface area (Å²) in [6.07, 6.45) is 0.895. The molecule has 19 heavy (non-hydrogen) atoms. The summed E-state index contributed by atoms with van der Waals surface area (Å²) in [5, 5.41) is 19.1. The summed E-state index contributed by atoms with van der Waals surface area (Å²) >= 11 is 0. The molecule has 0 bridgehead atoms. The summed E-state index contributed by atoms with van der Waals surface area (Å²) in [4.78, 5) is 13.4. The van der Waals surface area contributed by atoms with E-state index in [9.17, 15) is 14.3 Å². The van der Waals surface area contributed by atoms with Gasteiger partial charge in [-0.05, 0) is 37.9 Å². The van der Waals surface area contributed by atoms with Crippen molar-refractivity contribution in [3.63, 3.8) is 0 Å². The number of hydrogen-bond donors (Lipinski definition) is 2. The molecule has 1 heterocycles. The van der Waals surface area contributed by atoms with Crippen LogP contribution in [0.15, 0.2) is 12.1 Å². The summed E-state index contributed by atoms with van der Waals surface area (Å²) in [6, 6.07) is 2.32. The Balaban J connectivity index is 2.19. The lowest BCUT2D eigenvalue weighted by atomic mass is 10.0. The van der Waals surface area contributed by atoms with Crippen molar-refractivity contribution >= 4 is 5.78 Å². The van der Waals surface area contributed by atoms with Crippen LogP contribution in [0.1, 0.15) is 29.3 Å². The summed E-state index contributed by atoms with van der Waals surface area (Å²) in [5.41, 5.74) is 0.441. The number of ketones is 1. The Labute approximate surface area is 111 Å². The maximum atomic E-state index is 13.5. The Morgan fingerprint density at radius 2 is 2.26 bits per heavy atom. The minimum absolute atomic E-state index is 0.0212. The number of benzene rings is 1. The Kier molecular flexibility index (Phi) is 4.17. The highest BCUT2D eigenvalue weighted by molar-refractivity contribution is 5.97. The number of carbonyl (C=O) groups is 1. The molecule has 104 valence electrons. The Morgan fingerprint density at radius 3 is 2.84 bits per heavy atom. The van der Waals surface area contributed by atoms with Gasteiger partial charge in [0.2, 0.25) is 0 Å². The van der Waals surface area contributed by atoms with Crippen molar-refractivity contribution < 1.29 is 19.4 Å². The molecule has 1 atom stereocenters. The van der Waals surface area contributed by atoms with E-state index in [-0.39, 0.29) is 29.6 Å². The molecular formula is C14H18FNO3. The first-order chi connectivity index (χ1) is 9.01. The first-order valence-electron chi connectivity index (χ1n) is 6.36. The number of nitrogens with zero attached hydrogens (tertiary/aromatic N) is 1. The van der Waals surface area contributed by atoms with Gasteiger partial charge in [-0.15, -0.1) is 0 Å². The zero-order valence-corrected chi connectivity index (χ0v) is 10.9. The molecule has 0 saturated carbocycles. The van der Waals surface area contributed by atoms with Gasteiger partial charge in [0, 0.05) is 25.3 Å². The van der Waals surface area contributed by atoms with Crippen molar-refractivity contribution in [1.29, 1.82) is 0 Å². The third-order valence-corrected chi connectivity index (χ3v) is 3.56. The molecule has 1 aromatic rings. The number of rotatable bonds is 4. The van der Waals surface area contributed by atoms with Crippen LogP contribution in [0.3, 0.4) is 0 Å². The SMILES string of the molecule is CC(=O)c1cc(F)cc(CN2CCC(CO)C2)c1O. The quantitative estimate of drug-likeness (QED) is 0.813. The van der Waals surface area contributed by atoms with Gasteiger partial charge in [-0.2, -0.15) is 0 Å². The van der Waals surface area contributed by atoms with Gasteiger partial charge in [-0.1, -0.05) is 0 Å². The fourth-order valence-corrected chi connectivity index (χ4v) is 2.49. The summed E-state index contributed by atoms with van der Waals surface area (Å²) < 4.78 is 13.5. The lowest BCUT2D eigenvalue weighted by molar-refractivity contribution is 0.101. The third-order valence-electron chi connectivity index (χ3n) is 3.56. The van der Waals surface area contributed by atoms with Crippen LogP contribution in [0, 0.1) is 11.7 Å². The van der Waals surface area contributed by atoms with E-state index in [1.807, 2.05) is 4.90 Å². The number of aliphatic hydroxyl groups is 1. The van der Waals surface area contributed by atoms with Gasteiger partial charge in [0.1, 0.15) is 11.6 Å². The third kappa shape index (κ3) is 3.11. The highest BCUT2D eigenvalue weighted by Crippen LogP contribution is 2.27. The molecule has 5 heteroatoms. The second-order valence-electron chi connectivity index (χ2n) is 5.09. The molecule has 1 aliphatic rings. The summed E-state index contributed by atoms with van der Waals surface area (Å²) in [7, 11) is 0. The number of aromatic hydroxyl groups is 1. The van der Waals surface area contributed by atoms with Crippen molar-refractivity contribution in [2.45, 2.75) is 19.9 Å². The first-order valence-corrected chi connectivity index (χ1v) is 6.36. The van der Waals surface area contributed by atoms with Crippen LogP contribution < -0.4 is 0 Å². The predicted octanol–water partition coefficient (Wildman–Crippen LogP) is 1.55. The molecule has 1 aromatic carbocycles. The number of aliphatic hydroxyl groups excluding tert-OH is 1. The van der Waals surface area contributed by atoms with Gasteiger partial charge >= 0.3 is 0 Å². The van der Waals surface area contributed by atoms with Gasteiger partial charge in [0.05, 0.1) is 5.56 Å². The van der Waals surface area contributed by atoms with Crippen LogP contribution in [-0.2, 0) is 6.54 Å². The lowest BCUT2D eigenvalue weighted by Crippen LogP contribution is -2.21. The van der Waals surface area contributed by atoms with Crippen molar-refractivity contribution in [3.8, 4) is 5.75 Å². The maximum absolute atomic E-state index is 13.5. The fraction of sp³-hybridized carbons (Fsp3) is 0.500. The Hall–Kier alpha value is -1.46. The molecule has 1 fully saturated rings. The molecule has 1 saturated heterocycles. The van der Waals surface area contributed by atoms with Crippen LogP contribution in [0.25, 0.3) is 0 Å². The first kappa shape index (κ1) is 14.0. The molecule has 2 rings (SSSR count). The van der Waals surface area contributed by atoms with Gasteiger partial charge < -0.3 is 10.2 Å². The van der Waals surface area contributed by atoms with Crippen LogP contribution >= 0.6 is 0 Å². The van der Waals surface area contributed by atoms with Crippen molar-refractivity contribution in [2.24, 2.45) is 5.92 Å². The topological polar surface area (TPSA) is 60.8 Å². The molecule has 1 unspecified atom stereocenters. The van der Waals surface area contributed by atoms with E-state index in [2.05, 4.69) is 0 Å². The molecule has 0 amide bonds. The Morgan fingerprint density at radius 1 is 1.53 bits per heavy atom. The van der Waals surface area contributed by atoms with E-state index >= 15 is 0 Å². The smallest absolute Gasteiger partial charge is 0.163 e. The number of Topliss-reactive ketones (excluding diaryl/α,β-unsaturated/α-hetero) is 1. The monoisotopic (exact) mass is 267 g/mol. The molecule has 1 aliphatic heterocycles. The molecule has 2 N–H and O–H groups in total. The van der Waals surface area contributed by atoms with Crippen LogP contribution in [0.5, 0.6) is 5.75 Å². The standard InChI is InChI=1S/C14H18FNO3/c1-9(18)13-5-12(15)4-11(14(13)19)7-16-3-2-10(6-16)8-17/h4-5,10,17,19H,2-3,6-8H2,1H3. The van der Waals surface area contributed by atoms with Gasteiger partial charge in [0.15, 0.2) is 5.78 Å². The Bertz CT molecular complexity index is 490. The second-order valence-corrected chi connectivity index (χ2v) is 5.09. The zero-order chi connectivity index (χ0) is 14.0. The van der Waals surface area contributed by atoms with E-state index in [0.29, 0.717) is 12.1 Å². The van der Waals surface area contributed by atoms with Crippen molar-refractivity contribution in [3.05, 3.63) is 29.1 Å². The molecule has 4 nitrogen and oxygen atoms in total. The van der Waals surface area contributed by atoms with E-state index in [1.54, 1.807) is 0 Å². The number of phenolic OH excluding ortho intramolecular Hbond substituents is 1. The number of phenols is 1. The number of carbonyl (C=O) groups excluding carboxylic acids is 1. The second kappa shape index (κ2) is 5.67. The highest BCUT2D eigenvalue weighted by Gasteiger charge is 2.23. The van der Waals surface area contributed by atoms with Gasteiger partial charge in [-0.3, -0.25) is 9.69 Å². The summed E-state index contributed by atoms with van der Waals surface area (Å²) in [6.45, 7) is 3.36. The van der Waals surface area contributed by atoms with E-state index in [4.69, 9.17) is 5.11 Å². The van der Waals surface area contributed by atoms with Crippen LogP contribution in [-0.4, -0.2) is 40.6 Å². The van der Waals surface area contributed by atoms with E-state index < -0.39 is 5.82 Å². The molecule has 0 aromatic heterocycles. The largest absolute Gasteiger partial charge is 0.507 e. The predicted molar refractivity (Wildman–Crippen MR) is 68.5 cm³/mol. The number of hydrogen-bond acceptors (Lipinski definition) is 4. The van der Waals surface area contributed by atoms with Gasteiger partial charge in [0.25, 0.3) is 0 Å². The normalized spacial score (nSPS) is 19.8. The minimum Gasteiger partial charge on any atom is -0.507 e. The average Bonchev–Trinajstić information content (AvgIpc) is 2.80. The molecule has 0 spiro atoms. The van der Waals surface area contributed by atoms with E-state index in [0.717, 1.165) is 25.6 Å². The number of likely N-dealkylation sites (tertiary alicyclic amines) is 1. The maximum Gasteiger partial charge on any atom is 0.163 e. The highest BCUT2D eigenvalue weighted by atomic mass is 19.1. The molecule has 0 radical (unpaired) electrons. The fourth-order valence-electron chi connectivity index (χ4n) is 2.49. The van der Waals surface area contributed by atoms with Crippen LogP contribution in [0.2, 0.25) is 0 Å². The molecular weight excluding hydrogens is 249 g/mol.